The SMILES string of the molecule is COCCCCNS(=O)(=O)c1sc(Cl)nc1C. The number of aryl methyl sites for hydroxylation is 1. The predicted octanol–water partition coefficient (Wildman–Crippen LogP) is 1.81. The van der Waals surface area contributed by atoms with E-state index in [0.29, 0.717) is 18.8 Å². The first-order valence-corrected chi connectivity index (χ1v) is 7.76. The van der Waals surface area contributed by atoms with Gasteiger partial charge in [0.25, 0.3) is 10.0 Å². The zero-order valence-electron chi connectivity index (χ0n) is 9.69. The van der Waals surface area contributed by atoms with E-state index in [0.717, 1.165) is 24.2 Å². The molecule has 0 unspecified atom stereocenters. The van der Waals surface area contributed by atoms with Crippen LogP contribution < -0.4 is 4.72 Å². The van der Waals surface area contributed by atoms with Crippen molar-refractivity contribution in [2.75, 3.05) is 20.3 Å². The number of ether oxygens (including phenoxy) is 1. The van der Waals surface area contributed by atoms with Gasteiger partial charge in [-0.15, -0.1) is 0 Å². The van der Waals surface area contributed by atoms with Crippen molar-refractivity contribution in [3.8, 4) is 0 Å². The molecule has 5 nitrogen and oxygen atoms in total. The number of unbranched alkanes of at least 4 members (excludes halogenated alkanes) is 1. The molecule has 1 aromatic rings. The number of halogens is 1. The minimum atomic E-state index is -3.48. The highest BCUT2D eigenvalue weighted by Crippen LogP contribution is 2.26. The third-order valence-electron chi connectivity index (χ3n) is 2.04. The Morgan fingerprint density at radius 2 is 2.18 bits per heavy atom. The summed E-state index contributed by atoms with van der Waals surface area (Å²) in [6.07, 6.45) is 1.56. The van der Waals surface area contributed by atoms with Gasteiger partial charge in [-0.3, -0.25) is 0 Å². The Labute approximate surface area is 110 Å². The summed E-state index contributed by atoms with van der Waals surface area (Å²) in [4.78, 5) is 3.88. The van der Waals surface area contributed by atoms with Crippen LogP contribution in [0.5, 0.6) is 0 Å². The first kappa shape index (κ1) is 14.8. The molecule has 0 aliphatic rings. The van der Waals surface area contributed by atoms with E-state index in [1.807, 2.05) is 0 Å². The fourth-order valence-corrected chi connectivity index (χ4v) is 4.10. The molecule has 0 amide bonds. The predicted molar refractivity (Wildman–Crippen MR) is 68.2 cm³/mol. The second-order valence-electron chi connectivity index (χ2n) is 3.44. The molecule has 0 bridgehead atoms. The molecular formula is C9H15ClN2O3S2. The summed E-state index contributed by atoms with van der Waals surface area (Å²) in [5, 5.41) is 0. The number of nitrogens with zero attached hydrogens (tertiary/aromatic N) is 1. The van der Waals surface area contributed by atoms with Crippen LogP contribution in [0, 0.1) is 6.92 Å². The molecule has 0 aromatic carbocycles. The summed E-state index contributed by atoms with van der Waals surface area (Å²) in [6.45, 7) is 2.65. The molecule has 98 valence electrons. The van der Waals surface area contributed by atoms with Crippen molar-refractivity contribution in [3.63, 3.8) is 0 Å². The number of hydrogen-bond acceptors (Lipinski definition) is 5. The van der Waals surface area contributed by atoms with Gasteiger partial charge in [0.2, 0.25) is 0 Å². The third kappa shape index (κ3) is 4.51. The first-order chi connectivity index (χ1) is 7.97. The number of rotatable bonds is 7. The summed E-state index contributed by atoms with van der Waals surface area (Å²) < 4.78 is 31.6. The van der Waals surface area contributed by atoms with E-state index in [1.54, 1.807) is 14.0 Å². The number of aromatic nitrogens is 1. The Balaban J connectivity index is 2.54. The molecule has 0 aliphatic carbocycles. The van der Waals surface area contributed by atoms with Crippen LogP contribution in [-0.2, 0) is 14.8 Å². The first-order valence-electron chi connectivity index (χ1n) is 5.09. The molecule has 1 rings (SSSR count). The maximum atomic E-state index is 11.9. The fourth-order valence-electron chi connectivity index (χ4n) is 1.24. The fraction of sp³-hybridized carbons (Fsp3) is 0.667. The second kappa shape index (κ2) is 6.65. The lowest BCUT2D eigenvalue weighted by Crippen LogP contribution is -2.24. The summed E-state index contributed by atoms with van der Waals surface area (Å²) in [7, 11) is -1.86. The lowest BCUT2D eigenvalue weighted by molar-refractivity contribution is 0.193. The van der Waals surface area contributed by atoms with Crippen LogP contribution in [-0.4, -0.2) is 33.7 Å². The second-order valence-corrected chi connectivity index (χ2v) is 6.98. The average Bonchev–Trinajstić information content (AvgIpc) is 2.58. The molecule has 0 spiro atoms. The van der Waals surface area contributed by atoms with Gasteiger partial charge in [0.15, 0.2) is 8.68 Å². The highest BCUT2D eigenvalue weighted by molar-refractivity contribution is 7.91. The molecule has 0 saturated carbocycles. The van der Waals surface area contributed by atoms with E-state index in [9.17, 15) is 8.42 Å². The Kier molecular flexibility index (Phi) is 5.81. The maximum absolute atomic E-state index is 11.9. The number of nitrogens with one attached hydrogen (secondary N) is 1. The number of sulfonamides is 1. The van der Waals surface area contributed by atoms with Crippen molar-refractivity contribution >= 4 is 33.0 Å². The van der Waals surface area contributed by atoms with Crippen molar-refractivity contribution in [2.45, 2.75) is 24.0 Å². The Morgan fingerprint density at radius 3 is 2.71 bits per heavy atom. The molecule has 8 heteroatoms. The van der Waals surface area contributed by atoms with Gasteiger partial charge in [-0.1, -0.05) is 22.9 Å². The van der Waals surface area contributed by atoms with Crippen LogP contribution in [0.2, 0.25) is 4.47 Å². The quantitative estimate of drug-likeness (QED) is 0.780. The van der Waals surface area contributed by atoms with Crippen LogP contribution in [0.25, 0.3) is 0 Å². The van der Waals surface area contributed by atoms with Crippen LogP contribution in [0.4, 0.5) is 0 Å². The van der Waals surface area contributed by atoms with Gasteiger partial charge in [-0.25, -0.2) is 18.1 Å². The van der Waals surface area contributed by atoms with Crippen LogP contribution in [0.1, 0.15) is 18.5 Å². The number of hydrogen-bond donors (Lipinski definition) is 1. The molecule has 0 radical (unpaired) electrons. The largest absolute Gasteiger partial charge is 0.385 e. The minimum Gasteiger partial charge on any atom is -0.385 e. The normalized spacial score (nSPS) is 11.9. The van der Waals surface area contributed by atoms with Crippen LogP contribution >= 0.6 is 22.9 Å². The van der Waals surface area contributed by atoms with Crippen molar-refractivity contribution in [3.05, 3.63) is 10.2 Å². The lowest BCUT2D eigenvalue weighted by Gasteiger charge is -2.04. The summed E-state index contributed by atoms with van der Waals surface area (Å²) in [5.74, 6) is 0. The number of thiazole rings is 1. The smallest absolute Gasteiger partial charge is 0.251 e. The van der Waals surface area contributed by atoms with Gasteiger partial charge < -0.3 is 4.74 Å². The van der Waals surface area contributed by atoms with Gasteiger partial charge in [0.05, 0.1) is 5.69 Å². The molecule has 1 aromatic heterocycles. The van der Waals surface area contributed by atoms with E-state index >= 15 is 0 Å². The molecule has 0 fully saturated rings. The Hall–Kier alpha value is -0.210. The van der Waals surface area contributed by atoms with Crippen molar-refractivity contribution in [2.24, 2.45) is 0 Å². The molecule has 1 N–H and O–H groups in total. The number of methoxy groups -OCH3 is 1. The van der Waals surface area contributed by atoms with E-state index < -0.39 is 10.0 Å². The van der Waals surface area contributed by atoms with E-state index in [4.69, 9.17) is 16.3 Å². The van der Waals surface area contributed by atoms with Crippen LogP contribution in [0.3, 0.4) is 0 Å². The molecule has 0 atom stereocenters. The van der Waals surface area contributed by atoms with Gasteiger partial charge in [-0.05, 0) is 19.8 Å². The summed E-state index contributed by atoms with van der Waals surface area (Å²) in [5.41, 5.74) is 0.435. The zero-order chi connectivity index (χ0) is 12.9. The van der Waals surface area contributed by atoms with E-state index in [1.165, 1.54) is 0 Å². The average molecular weight is 299 g/mol. The van der Waals surface area contributed by atoms with Gasteiger partial charge in [-0.2, -0.15) is 0 Å². The van der Waals surface area contributed by atoms with Crippen molar-refractivity contribution < 1.29 is 13.2 Å². The zero-order valence-corrected chi connectivity index (χ0v) is 12.1. The Bertz CT molecular complexity index is 459. The minimum absolute atomic E-state index is 0.189. The molecule has 0 aliphatic heterocycles. The monoisotopic (exact) mass is 298 g/mol. The summed E-state index contributed by atoms with van der Waals surface area (Å²) in [6, 6.07) is 0. The molecule has 17 heavy (non-hydrogen) atoms. The molecular weight excluding hydrogens is 284 g/mol. The molecule has 1 heterocycles. The summed E-state index contributed by atoms with van der Waals surface area (Å²) >= 11 is 6.64. The van der Waals surface area contributed by atoms with Crippen molar-refractivity contribution in [1.29, 1.82) is 0 Å². The van der Waals surface area contributed by atoms with Gasteiger partial charge in [0.1, 0.15) is 0 Å². The highest BCUT2D eigenvalue weighted by Gasteiger charge is 2.20. The third-order valence-corrected chi connectivity index (χ3v) is 5.37. The molecule has 0 saturated heterocycles. The van der Waals surface area contributed by atoms with Crippen molar-refractivity contribution in [1.82, 2.24) is 9.71 Å². The topological polar surface area (TPSA) is 68.3 Å². The highest BCUT2D eigenvalue weighted by atomic mass is 35.5. The van der Waals surface area contributed by atoms with Gasteiger partial charge >= 0.3 is 0 Å². The van der Waals surface area contributed by atoms with Gasteiger partial charge in [0, 0.05) is 20.3 Å². The van der Waals surface area contributed by atoms with Crippen LogP contribution in [0.15, 0.2) is 4.21 Å². The Morgan fingerprint density at radius 1 is 1.47 bits per heavy atom. The van der Waals surface area contributed by atoms with E-state index in [2.05, 4.69) is 9.71 Å². The maximum Gasteiger partial charge on any atom is 0.251 e. The lowest BCUT2D eigenvalue weighted by atomic mass is 10.3. The standard InChI is InChI=1S/C9H15ClN2O3S2/c1-7-8(16-9(10)12-7)17(13,14)11-5-3-4-6-15-2/h11H,3-6H2,1-2H3. The van der Waals surface area contributed by atoms with E-state index in [-0.39, 0.29) is 8.68 Å².